The molecule has 0 aliphatic heterocycles. The predicted molar refractivity (Wildman–Crippen MR) is 73.7 cm³/mol. The molecule has 4 nitrogen and oxygen atoms in total. The highest BCUT2D eigenvalue weighted by atomic mass is 35.5. The maximum atomic E-state index is 11.8. The first kappa shape index (κ1) is 14.8. The van der Waals surface area contributed by atoms with Crippen molar-refractivity contribution < 1.29 is 9.90 Å². The lowest BCUT2D eigenvalue weighted by Crippen LogP contribution is -2.33. The molecule has 0 saturated heterocycles. The number of hydrogen-bond donors (Lipinski definition) is 3. The zero-order valence-electron chi connectivity index (χ0n) is 10.6. The zero-order chi connectivity index (χ0) is 13.7. The number of rotatable bonds is 5. The Balaban J connectivity index is 2.58. The number of anilines is 1. The van der Waals surface area contributed by atoms with Gasteiger partial charge < -0.3 is 16.2 Å². The second-order valence-corrected chi connectivity index (χ2v) is 5.16. The molecule has 1 aromatic carbocycles. The SMILES string of the molecule is CC(C)CC(O)CNC(=O)c1cc(Cl)ccc1N. The molecule has 1 rings (SSSR count). The number of nitrogens with two attached hydrogens (primary N) is 1. The summed E-state index contributed by atoms with van der Waals surface area (Å²) in [5, 5.41) is 12.8. The highest BCUT2D eigenvalue weighted by molar-refractivity contribution is 6.31. The zero-order valence-corrected chi connectivity index (χ0v) is 11.4. The summed E-state index contributed by atoms with van der Waals surface area (Å²) < 4.78 is 0. The molecule has 0 aliphatic rings. The summed E-state index contributed by atoms with van der Waals surface area (Å²) >= 11 is 5.81. The minimum Gasteiger partial charge on any atom is -0.398 e. The van der Waals surface area contributed by atoms with Crippen molar-refractivity contribution in [3.63, 3.8) is 0 Å². The van der Waals surface area contributed by atoms with Crippen molar-refractivity contribution in [1.82, 2.24) is 5.32 Å². The van der Waals surface area contributed by atoms with Crippen LogP contribution >= 0.6 is 11.6 Å². The number of amides is 1. The Morgan fingerprint density at radius 2 is 2.17 bits per heavy atom. The summed E-state index contributed by atoms with van der Waals surface area (Å²) in [5.74, 6) is 0.0611. The van der Waals surface area contributed by atoms with E-state index in [9.17, 15) is 9.90 Å². The molecule has 0 radical (unpaired) electrons. The lowest BCUT2D eigenvalue weighted by atomic mass is 10.1. The summed E-state index contributed by atoms with van der Waals surface area (Å²) in [4.78, 5) is 11.8. The fourth-order valence-electron chi connectivity index (χ4n) is 1.66. The molecule has 5 heteroatoms. The molecule has 1 atom stereocenters. The highest BCUT2D eigenvalue weighted by Crippen LogP contribution is 2.17. The molecule has 1 amide bonds. The van der Waals surface area contributed by atoms with Gasteiger partial charge >= 0.3 is 0 Å². The van der Waals surface area contributed by atoms with Gasteiger partial charge in [0.1, 0.15) is 0 Å². The number of carbonyl (C=O) groups excluding carboxylic acids is 1. The third-order valence-electron chi connectivity index (χ3n) is 2.50. The number of aliphatic hydroxyl groups is 1. The van der Waals surface area contributed by atoms with Gasteiger partial charge in [0, 0.05) is 17.3 Å². The third kappa shape index (κ3) is 4.55. The van der Waals surface area contributed by atoms with E-state index in [2.05, 4.69) is 5.32 Å². The summed E-state index contributed by atoms with van der Waals surface area (Å²) in [6.45, 7) is 4.24. The lowest BCUT2D eigenvalue weighted by molar-refractivity contribution is 0.0901. The summed E-state index contributed by atoms with van der Waals surface area (Å²) in [6.07, 6.45) is 0.0973. The molecular formula is C13H19ClN2O2. The Morgan fingerprint density at radius 3 is 2.78 bits per heavy atom. The maximum Gasteiger partial charge on any atom is 0.253 e. The van der Waals surface area contributed by atoms with E-state index >= 15 is 0 Å². The van der Waals surface area contributed by atoms with Crippen LogP contribution in [0.25, 0.3) is 0 Å². The van der Waals surface area contributed by atoms with Crippen molar-refractivity contribution in [3.05, 3.63) is 28.8 Å². The first-order chi connectivity index (χ1) is 8.40. The van der Waals surface area contributed by atoms with E-state index < -0.39 is 6.10 Å². The third-order valence-corrected chi connectivity index (χ3v) is 2.74. The minimum atomic E-state index is -0.547. The number of nitrogens with one attached hydrogen (secondary N) is 1. The average Bonchev–Trinajstić information content (AvgIpc) is 2.28. The number of benzene rings is 1. The van der Waals surface area contributed by atoms with Gasteiger partial charge in [-0.05, 0) is 30.5 Å². The van der Waals surface area contributed by atoms with Crippen LogP contribution in [0.3, 0.4) is 0 Å². The molecular weight excluding hydrogens is 252 g/mol. The van der Waals surface area contributed by atoms with Crippen LogP contribution in [-0.4, -0.2) is 23.7 Å². The van der Waals surface area contributed by atoms with Crippen molar-refractivity contribution in [3.8, 4) is 0 Å². The van der Waals surface area contributed by atoms with E-state index in [1.54, 1.807) is 12.1 Å². The van der Waals surface area contributed by atoms with Gasteiger partial charge in [-0.3, -0.25) is 4.79 Å². The van der Waals surface area contributed by atoms with Crippen LogP contribution in [-0.2, 0) is 0 Å². The maximum absolute atomic E-state index is 11.8. The van der Waals surface area contributed by atoms with Crippen LogP contribution in [0.2, 0.25) is 5.02 Å². The van der Waals surface area contributed by atoms with Gasteiger partial charge in [0.2, 0.25) is 0 Å². The first-order valence-corrected chi connectivity index (χ1v) is 6.29. The van der Waals surface area contributed by atoms with E-state index in [0.29, 0.717) is 28.6 Å². The molecule has 0 bridgehead atoms. The molecule has 4 N–H and O–H groups in total. The first-order valence-electron chi connectivity index (χ1n) is 5.91. The van der Waals surface area contributed by atoms with E-state index in [-0.39, 0.29) is 12.5 Å². The highest BCUT2D eigenvalue weighted by Gasteiger charge is 2.13. The Morgan fingerprint density at radius 1 is 1.50 bits per heavy atom. The van der Waals surface area contributed by atoms with Crippen LogP contribution < -0.4 is 11.1 Å². The molecule has 0 saturated carbocycles. The van der Waals surface area contributed by atoms with Crippen LogP contribution in [0.1, 0.15) is 30.6 Å². The molecule has 0 aromatic heterocycles. The fourth-order valence-corrected chi connectivity index (χ4v) is 1.83. The Kier molecular flexibility index (Phi) is 5.44. The second-order valence-electron chi connectivity index (χ2n) is 4.72. The van der Waals surface area contributed by atoms with Gasteiger partial charge in [-0.15, -0.1) is 0 Å². The van der Waals surface area contributed by atoms with Crippen molar-refractivity contribution in [1.29, 1.82) is 0 Å². The second kappa shape index (κ2) is 6.61. The van der Waals surface area contributed by atoms with Gasteiger partial charge in [-0.25, -0.2) is 0 Å². The van der Waals surface area contributed by atoms with E-state index in [0.717, 1.165) is 0 Å². The molecule has 0 spiro atoms. The molecule has 18 heavy (non-hydrogen) atoms. The quantitative estimate of drug-likeness (QED) is 0.717. The van der Waals surface area contributed by atoms with E-state index in [1.807, 2.05) is 13.8 Å². The van der Waals surface area contributed by atoms with E-state index in [4.69, 9.17) is 17.3 Å². The molecule has 0 aliphatic carbocycles. The Labute approximate surface area is 112 Å². The topological polar surface area (TPSA) is 75.3 Å². The fraction of sp³-hybridized carbons (Fsp3) is 0.462. The van der Waals surface area contributed by atoms with Gasteiger partial charge in [0.05, 0.1) is 11.7 Å². The molecule has 0 fully saturated rings. The Bertz CT molecular complexity index is 421. The summed E-state index contributed by atoms with van der Waals surface area (Å²) in [5.41, 5.74) is 6.40. The van der Waals surface area contributed by atoms with Crippen LogP contribution in [0.5, 0.6) is 0 Å². The molecule has 1 aromatic rings. The number of hydrogen-bond acceptors (Lipinski definition) is 3. The van der Waals surface area contributed by atoms with Crippen LogP contribution in [0.4, 0.5) is 5.69 Å². The number of aliphatic hydroxyl groups excluding tert-OH is 1. The minimum absolute atomic E-state index is 0.211. The van der Waals surface area contributed by atoms with Gasteiger partial charge in [0.25, 0.3) is 5.91 Å². The van der Waals surface area contributed by atoms with Crippen molar-refractivity contribution in [2.75, 3.05) is 12.3 Å². The molecule has 100 valence electrons. The standard InChI is InChI=1S/C13H19ClN2O2/c1-8(2)5-10(17)7-16-13(18)11-6-9(14)3-4-12(11)15/h3-4,6,8,10,17H,5,7,15H2,1-2H3,(H,16,18). The summed E-state index contributed by atoms with van der Waals surface area (Å²) in [6, 6.07) is 4.73. The Hall–Kier alpha value is -1.26. The van der Waals surface area contributed by atoms with Crippen LogP contribution in [0, 0.1) is 5.92 Å². The number of carbonyl (C=O) groups is 1. The van der Waals surface area contributed by atoms with Gasteiger partial charge in [-0.2, -0.15) is 0 Å². The number of halogens is 1. The van der Waals surface area contributed by atoms with Crippen molar-refractivity contribution in [2.45, 2.75) is 26.4 Å². The predicted octanol–water partition coefficient (Wildman–Crippen LogP) is 2.06. The monoisotopic (exact) mass is 270 g/mol. The lowest BCUT2D eigenvalue weighted by Gasteiger charge is -2.14. The average molecular weight is 271 g/mol. The van der Waals surface area contributed by atoms with E-state index in [1.165, 1.54) is 6.07 Å². The van der Waals surface area contributed by atoms with Gasteiger partial charge in [0.15, 0.2) is 0 Å². The number of nitrogen functional groups attached to an aromatic ring is 1. The largest absolute Gasteiger partial charge is 0.398 e. The van der Waals surface area contributed by atoms with Gasteiger partial charge in [-0.1, -0.05) is 25.4 Å². The van der Waals surface area contributed by atoms with Crippen LogP contribution in [0.15, 0.2) is 18.2 Å². The normalized spacial score (nSPS) is 12.5. The smallest absolute Gasteiger partial charge is 0.253 e. The van der Waals surface area contributed by atoms with Crippen molar-refractivity contribution in [2.24, 2.45) is 5.92 Å². The summed E-state index contributed by atoms with van der Waals surface area (Å²) in [7, 11) is 0. The molecule has 1 unspecified atom stereocenters. The van der Waals surface area contributed by atoms with Crippen molar-refractivity contribution >= 4 is 23.2 Å². The molecule has 0 heterocycles.